The molecule has 0 radical (unpaired) electrons. The highest BCUT2D eigenvalue weighted by molar-refractivity contribution is 7.47. The molecule has 17 nitrogen and oxygen atoms in total. The summed E-state index contributed by atoms with van der Waals surface area (Å²) in [6.07, 6.45) is 55.6. The maximum atomic E-state index is 13.1. The van der Waals surface area contributed by atoms with Crippen molar-refractivity contribution in [3.05, 3.63) is 0 Å². The van der Waals surface area contributed by atoms with E-state index in [4.69, 9.17) is 37.0 Å². The topological polar surface area (TPSA) is 237 Å². The van der Waals surface area contributed by atoms with Gasteiger partial charge in [-0.05, 0) is 49.4 Å². The van der Waals surface area contributed by atoms with Gasteiger partial charge in [0.15, 0.2) is 12.2 Å². The van der Waals surface area contributed by atoms with Crippen molar-refractivity contribution in [2.45, 2.75) is 427 Å². The van der Waals surface area contributed by atoms with Gasteiger partial charge in [0, 0.05) is 25.7 Å². The summed E-state index contributed by atoms with van der Waals surface area (Å²) in [5.41, 5.74) is 0. The van der Waals surface area contributed by atoms with Gasteiger partial charge in [-0.1, -0.05) is 357 Å². The Morgan fingerprint density at radius 3 is 0.717 bits per heavy atom. The summed E-state index contributed by atoms with van der Waals surface area (Å²) in [5.74, 6) is 0.984. The number of phosphoric acid groups is 2. The van der Waals surface area contributed by atoms with Gasteiger partial charge >= 0.3 is 39.5 Å². The van der Waals surface area contributed by atoms with Gasteiger partial charge in [0.05, 0.1) is 26.4 Å². The van der Waals surface area contributed by atoms with E-state index in [1.54, 1.807) is 0 Å². The Balaban J connectivity index is 5.20. The van der Waals surface area contributed by atoms with Crippen LogP contribution in [0.4, 0.5) is 0 Å². The van der Waals surface area contributed by atoms with E-state index in [0.29, 0.717) is 31.6 Å². The third kappa shape index (κ3) is 72.8. The highest BCUT2D eigenvalue weighted by Gasteiger charge is 2.30. The summed E-state index contributed by atoms with van der Waals surface area (Å²) in [6, 6.07) is 0. The first-order valence-electron chi connectivity index (χ1n) is 41.2. The molecule has 0 aliphatic carbocycles. The van der Waals surface area contributed by atoms with E-state index in [0.717, 1.165) is 114 Å². The van der Waals surface area contributed by atoms with E-state index in [-0.39, 0.29) is 25.7 Å². The number of carbonyl (C=O) groups excluding carboxylic acids is 4. The van der Waals surface area contributed by atoms with Gasteiger partial charge in [0.2, 0.25) is 0 Å². The minimum Gasteiger partial charge on any atom is -0.462 e. The van der Waals surface area contributed by atoms with Crippen LogP contribution in [0.3, 0.4) is 0 Å². The molecule has 0 aliphatic heterocycles. The molecule has 0 heterocycles. The number of rotatable bonds is 77. The van der Waals surface area contributed by atoms with Crippen molar-refractivity contribution >= 4 is 39.5 Å². The number of hydrogen-bond acceptors (Lipinski definition) is 15. The van der Waals surface area contributed by atoms with Crippen molar-refractivity contribution in [2.24, 2.45) is 23.7 Å². The molecule has 0 saturated heterocycles. The van der Waals surface area contributed by atoms with Gasteiger partial charge in [-0.2, -0.15) is 0 Å². The fourth-order valence-corrected chi connectivity index (χ4v) is 13.8. The zero-order valence-electron chi connectivity index (χ0n) is 65.1. The quantitative estimate of drug-likeness (QED) is 0.0222. The molecule has 6 atom stereocenters. The molecule has 0 bridgehead atoms. The SMILES string of the molecule is CCC(C)CCCCCCCCCCCCCCCCC(=O)OC[C@H](COP(=O)(O)OCC(O)COP(=O)(O)OC[C@@H](COC(=O)CCCCCCCCCC(C)C)OC(=O)CCCCCCCCCCCCCCCCCCC(C)C)OC(=O)CCCCCCCCCCCC(C)C. The van der Waals surface area contributed by atoms with Crippen molar-refractivity contribution in [2.75, 3.05) is 39.6 Å². The summed E-state index contributed by atoms with van der Waals surface area (Å²) in [5, 5.41) is 10.6. The molecule has 0 aliphatic rings. The molecule has 99 heavy (non-hydrogen) atoms. The van der Waals surface area contributed by atoms with Crippen LogP contribution in [0.5, 0.6) is 0 Å². The molecule has 0 saturated carbocycles. The van der Waals surface area contributed by atoms with Gasteiger partial charge in [-0.15, -0.1) is 0 Å². The van der Waals surface area contributed by atoms with Crippen molar-refractivity contribution in [1.29, 1.82) is 0 Å². The Bertz CT molecular complexity index is 1940. The summed E-state index contributed by atoms with van der Waals surface area (Å²) in [6.45, 7) is 14.2. The van der Waals surface area contributed by atoms with Gasteiger partial charge in [0.25, 0.3) is 0 Å². The molecule has 0 rings (SSSR count). The first-order chi connectivity index (χ1) is 47.6. The molecular weight excluding hydrogens is 1290 g/mol. The predicted molar refractivity (Wildman–Crippen MR) is 404 cm³/mol. The van der Waals surface area contributed by atoms with Crippen LogP contribution in [-0.2, 0) is 65.4 Å². The lowest BCUT2D eigenvalue weighted by Gasteiger charge is -2.21. The average Bonchev–Trinajstić information content (AvgIpc) is 3.52. The lowest BCUT2D eigenvalue weighted by Crippen LogP contribution is -2.30. The number of hydrogen-bond donors (Lipinski definition) is 3. The molecule has 0 fully saturated rings. The number of unbranched alkanes of at least 4 members (excludes halogenated alkanes) is 42. The van der Waals surface area contributed by atoms with E-state index in [1.165, 1.54) is 205 Å². The van der Waals surface area contributed by atoms with Crippen LogP contribution in [0.25, 0.3) is 0 Å². The normalized spacial score (nSPS) is 14.3. The largest absolute Gasteiger partial charge is 0.472 e. The number of aliphatic hydroxyl groups is 1. The third-order valence-corrected chi connectivity index (χ3v) is 20.8. The van der Waals surface area contributed by atoms with E-state index in [9.17, 15) is 43.2 Å². The van der Waals surface area contributed by atoms with Crippen molar-refractivity contribution in [3.8, 4) is 0 Å². The fraction of sp³-hybridized carbons (Fsp3) is 0.950. The smallest absolute Gasteiger partial charge is 0.462 e. The molecule has 0 aromatic rings. The second kappa shape index (κ2) is 69.1. The van der Waals surface area contributed by atoms with Gasteiger partial charge in [0.1, 0.15) is 19.3 Å². The van der Waals surface area contributed by atoms with Gasteiger partial charge < -0.3 is 33.8 Å². The number of aliphatic hydroxyl groups excluding tert-OH is 1. The second-order valence-electron chi connectivity index (χ2n) is 30.5. The second-order valence-corrected chi connectivity index (χ2v) is 33.4. The lowest BCUT2D eigenvalue weighted by molar-refractivity contribution is -0.161. The molecule has 3 N–H and O–H groups in total. The Morgan fingerprint density at radius 1 is 0.283 bits per heavy atom. The average molecular weight is 1450 g/mol. The van der Waals surface area contributed by atoms with Crippen LogP contribution in [0.2, 0.25) is 0 Å². The molecule has 0 aromatic heterocycles. The Morgan fingerprint density at radius 2 is 0.485 bits per heavy atom. The van der Waals surface area contributed by atoms with Crippen molar-refractivity contribution in [3.63, 3.8) is 0 Å². The van der Waals surface area contributed by atoms with Crippen molar-refractivity contribution < 1.29 is 80.2 Å². The first-order valence-corrected chi connectivity index (χ1v) is 44.2. The van der Waals surface area contributed by atoms with Crippen LogP contribution >= 0.6 is 15.6 Å². The molecule has 0 amide bonds. The molecule has 19 heteroatoms. The summed E-state index contributed by atoms with van der Waals surface area (Å²) in [4.78, 5) is 72.9. The van der Waals surface area contributed by atoms with E-state index >= 15 is 0 Å². The maximum Gasteiger partial charge on any atom is 0.472 e. The van der Waals surface area contributed by atoms with Crippen LogP contribution in [0.1, 0.15) is 409 Å². The number of phosphoric ester groups is 2. The Kier molecular flexibility index (Phi) is 67.8. The van der Waals surface area contributed by atoms with Gasteiger partial charge in [-0.25, -0.2) is 9.13 Å². The van der Waals surface area contributed by atoms with E-state index in [1.807, 2.05) is 0 Å². The van der Waals surface area contributed by atoms with Crippen LogP contribution < -0.4 is 0 Å². The standard InChI is InChI=1S/C80H156O17P2/c1-9-73(8)59-51-43-35-27-21-17-14-15-18-22-28-36-44-52-60-77(82)90-66-75(97-80(85)63-55-47-38-30-24-26-33-41-49-57-71(4)5)68-94-98(86,87)92-64-74(81)65-93-99(88,89)95-69-76(67-91-78(83)61-53-45-39-31-34-42-50-58-72(6)7)96-79(84)62-54-46-37-29-23-19-13-11-10-12-16-20-25-32-40-48-56-70(2)3/h70-76,81H,9-69H2,1-8H3,(H,86,87)(H,88,89)/t73?,74?,75-,76-/m1/s1. The minimum atomic E-state index is -4.96. The molecule has 588 valence electrons. The fourth-order valence-electron chi connectivity index (χ4n) is 12.2. The summed E-state index contributed by atoms with van der Waals surface area (Å²) in [7, 11) is -9.92. The molecule has 0 aromatic carbocycles. The van der Waals surface area contributed by atoms with Crippen LogP contribution in [0, 0.1) is 23.7 Å². The zero-order valence-corrected chi connectivity index (χ0v) is 66.9. The monoisotopic (exact) mass is 1450 g/mol. The third-order valence-electron chi connectivity index (χ3n) is 18.9. The number of carbonyl (C=O) groups is 4. The summed E-state index contributed by atoms with van der Waals surface area (Å²) >= 11 is 0. The predicted octanol–water partition coefficient (Wildman–Crippen LogP) is 23.6. The Labute approximate surface area is 607 Å². The first kappa shape index (κ1) is 97.1. The molecule has 4 unspecified atom stereocenters. The van der Waals surface area contributed by atoms with Crippen LogP contribution in [0.15, 0.2) is 0 Å². The van der Waals surface area contributed by atoms with Crippen LogP contribution in [-0.4, -0.2) is 96.7 Å². The summed E-state index contributed by atoms with van der Waals surface area (Å²) < 4.78 is 68.6. The highest BCUT2D eigenvalue weighted by atomic mass is 31.2. The lowest BCUT2D eigenvalue weighted by atomic mass is 9.99. The number of ether oxygens (including phenoxy) is 4. The Hall–Kier alpha value is -1.94. The minimum absolute atomic E-state index is 0.105. The zero-order chi connectivity index (χ0) is 73.1. The van der Waals surface area contributed by atoms with E-state index < -0.39 is 97.5 Å². The molecular formula is C80H156O17P2. The number of esters is 4. The maximum absolute atomic E-state index is 13.1. The van der Waals surface area contributed by atoms with Crippen molar-refractivity contribution in [1.82, 2.24) is 0 Å². The van der Waals surface area contributed by atoms with E-state index in [2.05, 4.69) is 55.4 Å². The highest BCUT2D eigenvalue weighted by Crippen LogP contribution is 2.45. The molecule has 0 spiro atoms. The van der Waals surface area contributed by atoms with Gasteiger partial charge in [-0.3, -0.25) is 37.3 Å².